The van der Waals surface area contributed by atoms with Crippen LogP contribution in [-0.4, -0.2) is 51.9 Å². The lowest BCUT2D eigenvalue weighted by Crippen LogP contribution is -2.49. The Morgan fingerprint density at radius 3 is 2.04 bits per heavy atom. The summed E-state index contributed by atoms with van der Waals surface area (Å²) < 4.78 is 0. The molecule has 0 bridgehead atoms. The molecule has 0 amide bonds. The van der Waals surface area contributed by atoms with E-state index >= 15 is 0 Å². The van der Waals surface area contributed by atoms with Crippen molar-refractivity contribution in [3.63, 3.8) is 0 Å². The minimum absolute atomic E-state index is 0.0797. The molecule has 0 aromatic heterocycles. The van der Waals surface area contributed by atoms with E-state index in [-0.39, 0.29) is 12.8 Å². The molecule has 138 valence electrons. The van der Waals surface area contributed by atoms with Gasteiger partial charge in [-0.3, -0.25) is 4.79 Å². The van der Waals surface area contributed by atoms with Crippen molar-refractivity contribution in [3.8, 4) is 0 Å². The van der Waals surface area contributed by atoms with Crippen molar-refractivity contribution in [3.05, 3.63) is 4.91 Å². The average molecular weight is 343 g/mol. The van der Waals surface area contributed by atoms with Gasteiger partial charge in [0.25, 0.3) is 0 Å². The molecule has 0 aliphatic rings. The first kappa shape index (κ1) is 22.1. The molecule has 0 aromatic rings. The third-order valence-electron chi connectivity index (χ3n) is 4.00. The Labute approximate surface area is 142 Å². The Balaban J connectivity index is 4.32. The SMILES string of the molecule is C/C(=N\N=O)C(C)(C)NCCCNC(C)(C)/C(CCC(=O)O)=N/O. The Bertz CT molecular complexity index is 486. The minimum Gasteiger partial charge on any atom is -0.481 e. The van der Waals surface area contributed by atoms with Gasteiger partial charge in [-0.05, 0) is 54.1 Å². The molecule has 0 heterocycles. The van der Waals surface area contributed by atoms with E-state index in [9.17, 15) is 9.70 Å². The van der Waals surface area contributed by atoms with Gasteiger partial charge in [-0.2, -0.15) is 0 Å². The first-order chi connectivity index (χ1) is 11.1. The summed E-state index contributed by atoms with van der Waals surface area (Å²) in [6.07, 6.45) is 0.890. The van der Waals surface area contributed by atoms with Gasteiger partial charge in [0.1, 0.15) is 0 Å². The topological polar surface area (TPSA) is 136 Å². The second-order valence-electron chi connectivity index (χ2n) is 6.66. The summed E-state index contributed by atoms with van der Waals surface area (Å²) >= 11 is 0. The molecular formula is C15H29N5O4. The van der Waals surface area contributed by atoms with E-state index < -0.39 is 17.0 Å². The highest BCUT2D eigenvalue weighted by atomic mass is 16.4. The number of hydrogen-bond acceptors (Lipinski definition) is 7. The van der Waals surface area contributed by atoms with Gasteiger partial charge in [-0.1, -0.05) is 5.16 Å². The third-order valence-corrected chi connectivity index (χ3v) is 4.00. The van der Waals surface area contributed by atoms with E-state index in [1.165, 1.54) is 0 Å². The van der Waals surface area contributed by atoms with Crippen molar-refractivity contribution in [1.29, 1.82) is 0 Å². The molecular weight excluding hydrogens is 314 g/mol. The number of carboxylic acids is 1. The van der Waals surface area contributed by atoms with Gasteiger partial charge in [-0.25, -0.2) is 0 Å². The number of nitrogens with zero attached hydrogens (tertiary/aromatic N) is 3. The Hall–Kier alpha value is -1.87. The molecule has 0 rings (SSSR count). The fourth-order valence-corrected chi connectivity index (χ4v) is 2.02. The van der Waals surface area contributed by atoms with Crippen LogP contribution in [0.1, 0.15) is 53.9 Å². The highest BCUT2D eigenvalue weighted by molar-refractivity contribution is 5.94. The van der Waals surface area contributed by atoms with E-state index in [0.717, 1.165) is 6.42 Å². The summed E-state index contributed by atoms with van der Waals surface area (Å²) in [4.78, 5) is 20.8. The predicted molar refractivity (Wildman–Crippen MR) is 93.8 cm³/mol. The highest BCUT2D eigenvalue weighted by Gasteiger charge is 2.25. The van der Waals surface area contributed by atoms with Crippen LogP contribution in [0, 0.1) is 4.91 Å². The summed E-state index contributed by atoms with van der Waals surface area (Å²) in [7, 11) is 0. The number of hydrogen-bond donors (Lipinski definition) is 4. The third kappa shape index (κ3) is 8.11. The van der Waals surface area contributed by atoms with Gasteiger partial charge < -0.3 is 20.9 Å². The van der Waals surface area contributed by atoms with Gasteiger partial charge >= 0.3 is 5.97 Å². The summed E-state index contributed by atoms with van der Waals surface area (Å²) in [6.45, 7) is 10.6. The summed E-state index contributed by atoms with van der Waals surface area (Å²) in [5, 5.41) is 33.7. The molecule has 24 heavy (non-hydrogen) atoms. The molecule has 0 atom stereocenters. The lowest BCUT2D eigenvalue weighted by atomic mass is 9.94. The van der Waals surface area contributed by atoms with Gasteiger partial charge in [-0.15, -0.1) is 10.0 Å². The van der Waals surface area contributed by atoms with E-state index in [1.807, 2.05) is 27.7 Å². The standard InChI is InChI=1S/C15H29N5O4/c1-11(18-20-24)14(2,3)16-9-6-10-17-15(4,5)12(19-23)7-8-13(21)22/h16-17,23H,6-10H2,1-5H3,(H,21,22)/b18-11+,19-12+. The van der Waals surface area contributed by atoms with Gasteiger partial charge in [0.15, 0.2) is 0 Å². The molecule has 0 aliphatic heterocycles. The van der Waals surface area contributed by atoms with Crippen LogP contribution in [-0.2, 0) is 4.79 Å². The van der Waals surface area contributed by atoms with Crippen LogP contribution >= 0.6 is 0 Å². The van der Waals surface area contributed by atoms with Crippen molar-refractivity contribution in [2.24, 2.45) is 15.5 Å². The molecule has 0 aromatic carbocycles. The van der Waals surface area contributed by atoms with E-state index in [1.54, 1.807) is 6.92 Å². The zero-order valence-electron chi connectivity index (χ0n) is 15.1. The number of nitrogens with one attached hydrogen (secondary N) is 2. The van der Waals surface area contributed by atoms with Gasteiger partial charge in [0.05, 0.1) is 34.2 Å². The van der Waals surface area contributed by atoms with Crippen LogP contribution in [0.3, 0.4) is 0 Å². The van der Waals surface area contributed by atoms with Crippen LogP contribution < -0.4 is 10.6 Å². The van der Waals surface area contributed by atoms with Crippen LogP contribution in [0.15, 0.2) is 15.5 Å². The van der Waals surface area contributed by atoms with Crippen LogP contribution in [0.5, 0.6) is 0 Å². The second kappa shape index (κ2) is 10.1. The van der Waals surface area contributed by atoms with Crippen molar-refractivity contribution in [2.75, 3.05) is 13.1 Å². The maximum Gasteiger partial charge on any atom is 0.303 e. The van der Waals surface area contributed by atoms with Crippen LogP contribution in [0.2, 0.25) is 0 Å². The minimum atomic E-state index is -0.930. The molecule has 0 unspecified atom stereocenters. The normalized spacial score (nSPS) is 13.9. The monoisotopic (exact) mass is 343 g/mol. The average Bonchev–Trinajstić information content (AvgIpc) is 2.46. The number of carboxylic acid groups (broad SMARTS) is 1. The van der Waals surface area contributed by atoms with Crippen molar-refractivity contribution >= 4 is 17.4 Å². The lowest BCUT2D eigenvalue weighted by Gasteiger charge is -2.28. The maximum absolute atomic E-state index is 10.6. The van der Waals surface area contributed by atoms with Gasteiger partial charge in [0, 0.05) is 6.42 Å². The smallest absolute Gasteiger partial charge is 0.303 e. The summed E-state index contributed by atoms with van der Waals surface area (Å²) in [6, 6.07) is 0. The Morgan fingerprint density at radius 1 is 1.04 bits per heavy atom. The lowest BCUT2D eigenvalue weighted by molar-refractivity contribution is -0.136. The molecule has 0 aliphatic carbocycles. The van der Waals surface area contributed by atoms with Gasteiger partial charge in [0.2, 0.25) is 0 Å². The molecule has 0 spiro atoms. The summed E-state index contributed by atoms with van der Waals surface area (Å²) in [5.41, 5.74) is -0.0198. The number of nitroso groups, excluding NO2 is 1. The second-order valence-corrected chi connectivity index (χ2v) is 6.66. The quantitative estimate of drug-likeness (QED) is 0.141. The Kier molecular flexibility index (Phi) is 9.30. The molecule has 0 saturated carbocycles. The number of carbonyl (C=O) groups is 1. The highest BCUT2D eigenvalue weighted by Crippen LogP contribution is 2.11. The number of rotatable bonds is 12. The molecule has 0 fully saturated rings. The zero-order chi connectivity index (χ0) is 18.8. The largest absolute Gasteiger partial charge is 0.481 e. The molecule has 0 saturated heterocycles. The molecule has 0 radical (unpaired) electrons. The number of aliphatic carboxylic acids is 1. The fourth-order valence-electron chi connectivity index (χ4n) is 2.02. The van der Waals surface area contributed by atoms with E-state index in [0.29, 0.717) is 24.5 Å². The molecule has 9 nitrogen and oxygen atoms in total. The van der Waals surface area contributed by atoms with E-state index in [4.69, 9.17) is 10.3 Å². The van der Waals surface area contributed by atoms with Crippen molar-refractivity contribution in [1.82, 2.24) is 10.6 Å². The van der Waals surface area contributed by atoms with Crippen LogP contribution in [0.25, 0.3) is 0 Å². The predicted octanol–water partition coefficient (Wildman–Crippen LogP) is 1.95. The van der Waals surface area contributed by atoms with E-state index in [2.05, 4.69) is 26.2 Å². The van der Waals surface area contributed by atoms with Crippen LogP contribution in [0.4, 0.5) is 0 Å². The maximum atomic E-state index is 10.6. The van der Waals surface area contributed by atoms with Crippen molar-refractivity contribution < 1.29 is 15.1 Å². The zero-order valence-corrected chi connectivity index (χ0v) is 15.1. The summed E-state index contributed by atoms with van der Waals surface area (Å²) in [5.74, 6) is -0.930. The number of oxime groups is 1. The fraction of sp³-hybridized carbons (Fsp3) is 0.800. The molecule has 9 heteroatoms. The first-order valence-electron chi connectivity index (χ1n) is 7.87. The van der Waals surface area contributed by atoms with Crippen molar-refractivity contribution in [2.45, 2.75) is 65.0 Å². The molecule has 4 N–H and O–H groups in total. The Morgan fingerprint density at radius 2 is 1.58 bits per heavy atom. The first-order valence-corrected chi connectivity index (χ1v) is 7.87.